The van der Waals surface area contributed by atoms with Crippen LogP contribution in [0.1, 0.15) is 25.7 Å². The van der Waals surface area contributed by atoms with Crippen molar-refractivity contribution in [2.24, 2.45) is 23.7 Å². The quantitative estimate of drug-likeness (QED) is 0.667. The molecule has 0 aliphatic heterocycles. The Morgan fingerprint density at radius 2 is 1.25 bits per heavy atom. The van der Waals surface area contributed by atoms with Crippen molar-refractivity contribution < 1.29 is 19.1 Å². The largest absolute Gasteiger partial charge is 0.469 e. The van der Waals surface area contributed by atoms with E-state index >= 15 is 0 Å². The van der Waals surface area contributed by atoms with Gasteiger partial charge in [-0.2, -0.15) is 0 Å². The summed E-state index contributed by atoms with van der Waals surface area (Å²) in [7, 11) is 2.76. The van der Waals surface area contributed by atoms with Gasteiger partial charge >= 0.3 is 11.9 Å². The Bertz CT molecular complexity index is 269. The molecule has 0 bridgehead atoms. The van der Waals surface area contributed by atoms with E-state index in [9.17, 15) is 9.59 Å². The summed E-state index contributed by atoms with van der Waals surface area (Å²) >= 11 is 0. The van der Waals surface area contributed by atoms with Crippen LogP contribution in [-0.2, 0) is 19.1 Å². The topological polar surface area (TPSA) is 52.6 Å². The van der Waals surface area contributed by atoms with Crippen molar-refractivity contribution in [1.82, 2.24) is 0 Å². The molecule has 4 atom stereocenters. The first kappa shape index (κ1) is 11.4. The Kier molecular flexibility index (Phi) is 3.17. The van der Waals surface area contributed by atoms with Crippen LogP contribution in [-0.4, -0.2) is 26.2 Å². The summed E-state index contributed by atoms with van der Waals surface area (Å²) in [6.45, 7) is 0. The molecule has 16 heavy (non-hydrogen) atoms. The summed E-state index contributed by atoms with van der Waals surface area (Å²) in [5, 5.41) is 0. The Hall–Kier alpha value is -1.06. The molecule has 0 spiro atoms. The zero-order valence-electron chi connectivity index (χ0n) is 9.77. The van der Waals surface area contributed by atoms with Gasteiger partial charge in [0.05, 0.1) is 26.1 Å². The fraction of sp³-hybridized carbons (Fsp3) is 0.833. The van der Waals surface area contributed by atoms with Gasteiger partial charge in [-0.25, -0.2) is 0 Å². The molecule has 0 aromatic rings. The molecule has 0 radical (unpaired) electrons. The molecule has 0 amide bonds. The first-order chi connectivity index (χ1) is 7.70. The molecule has 4 nitrogen and oxygen atoms in total. The molecule has 2 aliphatic rings. The number of esters is 2. The van der Waals surface area contributed by atoms with Crippen LogP contribution in [0.25, 0.3) is 0 Å². The van der Waals surface area contributed by atoms with Gasteiger partial charge in [0.15, 0.2) is 0 Å². The molecule has 2 fully saturated rings. The van der Waals surface area contributed by atoms with Gasteiger partial charge in [-0.05, 0) is 24.7 Å². The lowest BCUT2D eigenvalue weighted by Crippen LogP contribution is -2.55. The van der Waals surface area contributed by atoms with Gasteiger partial charge in [-0.3, -0.25) is 9.59 Å². The van der Waals surface area contributed by atoms with Crippen LogP contribution in [0.3, 0.4) is 0 Å². The second kappa shape index (κ2) is 4.44. The maximum Gasteiger partial charge on any atom is 0.309 e. The molecular weight excluding hydrogens is 208 g/mol. The van der Waals surface area contributed by atoms with Crippen molar-refractivity contribution in [1.29, 1.82) is 0 Å². The monoisotopic (exact) mass is 226 g/mol. The van der Waals surface area contributed by atoms with Crippen molar-refractivity contribution in [2.75, 3.05) is 14.2 Å². The number of rotatable bonds is 2. The smallest absolute Gasteiger partial charge is 0.309 e. The molecule has 2 aliphatic carbocycles. The van der Waals surface area contributed by atoms with Crippen molar-refractivity contribution in [3.63, 3.8) is 0 Å². The average Bonchev–Trinajstić information content (AvgIpc) is 2.30. The summed E-state index contributed by atoms with van der Waals surface area (Å²) in [5.41, 5.74) is 0. The summed E-state index contributed by atoms with van der Waals surface area (Å²) in [4.78, 5) is 23.3. The molecule has 0 heterocycles. The molecule has 0 aromatic carbocycles. The van der Waals surface area contributed by atoms with E-state index in [1.165, 1.54) is 14.2 Å². The summed E-state index contributed by atoms with van der Waals surface area (Å²) in [6.07, 6.45) is 4.39. The lowest BCUT2D eigenvalue weighted by atomic mass is 9.52. The van der Waals surface area contributed by atoms with Gasteiger partial charge in [0.25, 0.3) is 0 Å². The van der Waals surface area contributed by atoms with Gasteiger partial charge in [0.2, 0.25) is 0 Å². The van der Waals surface area contributed by atoms with E-state index in [1.54, 1.807) is 0 Å². The lowest BCUT2D eigenvalue weighted by Gasteiger charge is -2.51. The van der Waals surface area contributed by atoms with Crippen LogP contribution in [0.4, 0.5) is 0 Å². The van der Waals surface area contributed by atoms with E-state index in [0.29, 0.717) is 11.8 Å². The Morgan fingerprint density at radius 3 is 1.56 bits per heavy atom. The standard InChI is InChI=1S/C12H18O4/c1-15-11(13)9-7-5-3-4-6-8(7)10(9)12(14)16-2/h7-10H,3-6H2,1-2H3/t7?,8?,9-,10+. The molecule has 2 rings (SSSR count). The third kappa shape index (κ3) is 1.60. The molecule has 0 aromatic heterocycles. The third-order valence-corrected chi connectivity index (χ3v) is 4.13. The minimum Gasteiger partial charge on any atom is -0.469 e. The van der Waals surface area contributed by atoms with Gasteiger partial charge in [0.1, 0.15) is 0 Å². The highest BCUT2D eigenvalue weighted by atomic mass is 16.5. The van der Waals surface area contributed by atoms with E-state index < -0.39 is 0 Å². The number of ether oxygens (including phenoxy) is 2. The molecule has 90 valence electrons. The SMILES string of the molecule is COC(=O)[C@@H]1C2CCCCC2[C@@H]1C(=O)OC. The van der Waals surface area contributed by atoms with Gasteiger partial charge in [0, 0.05) is 0 Å². The van der Waals surface area contributed by atoms with Crippen LogP contribution in [0.5, 0.6) is 0 Å². The fourth-order valence-electron chi connectivity index (χ4n) is 3.38. The van der Waals surface area contributed by atoms with Gasteiger partial charge < -0.3 is 9.47 Å². The molecular formula is C12H18O4. The van der Waals surface area contributed by atoms with Crippen molar-refractivity contribution in [3.05, 3.63) is 0 Å². The predicted molar refractivity (Wildman–Crippen MR) is 56.5 cm³/mol. The summed E-state index contributed by atoms with van der Waals surface area (Å²) in [5.74, 6) is -0.349. The number of carbonyl (C=O) groups excluding carboxylic acids is 2. The van der Waals surface area contributed by atoms with Crippen LogP contribution in [0, 0.1) is 23.7 Å². The summed E-state index contributed by atoms with van der Waals surface area (Å²) < 4.78 is 9.56. The first-order valence-electron chi connectivity index (χ1n) is 5.86. The minimum atomic E-state index is -0.261. The third-order valence-electron chi connectivity index (χ3n) is 4.13. The van der Waals surface area contributed by atoms with Gasteiger partial charge in [-0.1, -0.05) is 12.8 Å². The van der Waals surface area contributed by atoms with E-state index in [2.05, 4.69) is 0 Å². The van der Waals surface area contributed by atoms with Crippen LogP contribution in [0.2, 0.25) is 0 Å². The zero-order chi connectivity index (χ0) is 11.7. The number of methoxy groups -OCH3 is 2. The Labute approximate surface area is 95.3 Å². The molecule has 2 unspecified atom stereocenters. The van der Waals surface area contributed by atoms with E-state index in [4.69, 9.17) is 9.47 Å². The van der Waals surface area contributed by atoms with E-state index in [0.717, 1.165) is 25.7 Å². The number of carbonyl (C=O) groups is 2. The van der Waals surface area contributed by atoms with Crippen molar-refractivity contribution in [2.45, 2.75) is 25.7 Å². The molecule has 0 N–H and O–H groups in total. The first-order valence-corrected chi connectivity index (χ1v) is 5.86. The van der Waals surface area contributed by atoms with Crippen molar-refractivity contribution in [3.8, 4) is 0 Å². The second-order valence-corrected chi connectivity index (χ2v) is 4.71. The maximum atomic E-state index is 11.6. The summed E-state index contributed by atoms with van der Waals surface area (Å²) in [6, 6.07) is 0. The van der Waals surface area contributed by atoms with Gasteiger partial charge in [-0.15, -0.1) is 0 Å². The van der Waals surface area contributed by atoms with E-state index in [1.807, 2.05) is 0 Å². The maximum absolute atomic E-state index is 11.6. The molecule has 2 saturated carbocycles. The zero-order valence-corrected chi connectivity index (χ0v) is 9.77. The van der Waals surface area contributed by atoms with Crippen LogP contribution in [0.15, 0.2) is 0 Å². The number of hydrogen-bond donors (Lipinski definition) is 0. The Balaban J connectivity index is 2.13. The number of hydrogen-bond acceptors (Lipinski definition) is 4. The molecule has 4 heteroatoms. The van der Waals surface area contributed by atoms with E-state index in [-0.39, 0.29) is 23.8 Å². The van der Waals surface area contributed by atoms with Crippen molar-refractivity contribution >= 4 is 11.9 Å². The minimum absolute atomic E-state index is 0.251. The highest BCUT2D eigenvalue weighted by molar-refractivity contribution is 5.84. The lowest BCUT2D eigenvalue weighted by molar-refractivity contribution is -0.182. The predicted octanol–water partition coefficient (Wildman–Crippen LogP) is 1.38. The molecule has 0 saturated heterocycles. The normalized spacial score (nSPS) is 36.9. The second-order valence-electron chi connectivity index (χ2n) is 4.71. The highest BCUT2D eigenvalue weighted by Gasteiger charge is 2.58. The number of fused-ring (bicyclic) bond motifs is 1. The van der Waals surface area contributed by atoms with Crippen LogP contribution < -0.4 is 0 Å². The average molecular weight is 226 g/mol. The fourth-order valence-corrected chi connectivity index (χ4v) is 3.38. The Morgan fingerprint density at radius 1 is 0.875 bits per heavy atom. The highest BCUT2D eigenvalue weighted by Crippen LogP contribution is 2.54. The van der Waals surface area contributed by atoms with Crippen LogP contribution >= 0.6 is 0 Å².